The SMILES string of the molecule is COCCC(=O)N[C@@H](CNC(=O)[C@@H]1CCCN(C(=O)CCC2CCNCC2)C1)C(=O)O.Cl. The van der Waals surface area contributed by atoms with Crippen LogP contribution in [0, 0.1) is 11.8 Å². The van der Waals surface area contributed by atoms with E-state index in [4.69, 9.17) is 4.74 Å². The normalized spacial score (nSPS) is 20.0. The molecule has 2 fully saturated rings. The molecule has 0 spiro atoms. The van der Waals surface area contributed by atoms with E-state index in [9.17, 15) is 24.3 Å². The van der Waals surface area contributed by atoms with Crippen LogP contribution in [0.2, 0.25) is 0 Å². The molecule has 0 aliphatic carbocycles. The summed E-state index contributed by atoms with van der Waals surface area (Å²) in [4.78, 5) is 50.1. The van der Waals surface area contributed by atoms with Crippen molar-refractivity contribution in [3.8, 4) is 0 Å². The van der Waals surface area contributed by atoms with Gasteiger partial charge in [0.1, 0.15) is 6.04 Å². The minimum Gasteiger partial charge on any atom is -0.480 e. The lowest BCUT2D eigenvalue weighted by atomic mass is 9.92. The van der Waals surface area contributed by atoms with Crippen LogP contribution < -0.4 is 16.0 Å². The molecular formula is C21H37ClN4O6. The molecule has 2 saturated heterocycles. The third-order valence-electron chi connectivity index (χ3n) is 6.02. The Morgan fingerprint density at radius 2 is 1.88 bits per heavy atom. The summed E-state index contributed by atoms with van der Waals surface area (Å²) in [6.07, 6.45) is 5.04. The van der Waals surface area contributed by atoms with Gasteiger partial charge in [0.05, 0.1) is 12.5 Å². The summed E-state index contributed by atoms with van der Waals surface area (Å²) in [5, 5.41) is 17.6. The highest BCUT2D eigenvalue weighted by molar-refractivity contribution is 5.86. The Hall–Kier alpha value is -1.91. The zero-order chi connectivity index (χ0) is 22.6. The summed E-state index contributed by atoms with van der Waals surface area (Å²) in [7, 11) is 1.45. The largest absolute Gasteiger partial charge is 0.480 e. The fraction of sp³-hybridized carbons (Fsp3) is 0.810. The third-order valence-corrected chi connectivity index (χ3v) is 6.02. The van der Waals surface area contributed by atoms with Crippen LogP contribution in [-0.2, 0) is 23.9 Å². The van der Waals surface area contributed by atoms with E-state index in [2.05, 4.69) is 16.0 Å². The number of carboxylic acid groups (broad SMARTS) is 1. The number of ether oxygens (including phenoxy) is 1. The molecule has 2 rings (SSSR count). The van der Waals surface area contributed by atoms with E-state index in [0.717, 1.165) is 38.8 Å². The van der Waals surface area contributed by atoms with E-state index in [-0.39, 0.29) is 49.7 Å². The van der Waals surface area contributed by atoms with Gasteiger partial charge < -0.3 is 30.7 Å². The summed E-state index contributed by atoms with van der Waals surface area (Å²) >= 11 is 0. The Morgan fingerprint density at radius 1 is 1.16 bits per heavy atom. The second kappa shape index (κ2) is 15.0. The van der Waals surface area contributed by atoms with Crippen LogP contribution in [0.3, 0.4) is 0 Å². The Kier molecular flexibility index (Phi) is 13.2. The van der Waals surface area contributed by atoms with Gasteiger partial charge in [-0.2, -0.15) is 0 Å². The van der Waals surface area contributed by atoms with Crippen molar-refractivity contribution < 1.29 is 29.0 Å². The van der Waals surface area contributed by atoms with Crippen molar-refractivity contribution in [2.75, 3.05) is 46.4 Å². The number of hydrogen-bond acceptors (Lipinski definition) is 6. The first-order valence-electron chi connectivity index (χ1n) is 11.2. The monoisotopic (exact) mass is 476 g/mol. The molecule has 0 aromatic rings. The Bertz CT molecular complexity index is 629. The lowest BCUT2D eigenvalue weighted by Gasteiger charge is -2.33. The van der Waals surface area contributed by atoms with Crippen LogP contribution in [0.15, 0.2) is 0 Å². The maximum absolute atomic E-state index is 12.6. The molecular weight excluding hydrogens is 440 g/mol. The number of methoxy groups -OCH3 is 1. The molecule has 0 unspecified atom stereocenters. The van der Waals surface area contributed by atoms with Crippen molar-refractivity contribution >= 4 is 36.1 Å². The second-order valence-corrected chi connectivity index (χ2v) is 8.36. The molecule has 0 radical (unpaired) electrons. The molecule has 0 saturated carbocycles. The molecule has 32 heavy (non-hydrogen) atoms. The summed E-state index contributed by atoms with van der Waals surface area (Å²) in [5.41, 5.74) is 0. The minimum atomic E-state index is -1.22. The van der Waals surface area contributed by atoms with E-state index in [1.807, 2.05) is 0 Å². The maximum atomic E-state index is 12.6. The molecule has 0 aromatic heterocycles. The molecule has 2 atom stereocenters. The number of likely N-dealkylation sites (tertiary alicyclic amines) is 1. The van der Waals surface area contributed by atoms with Crippen molar-refractivity contribution in [1.29, 1.82) is 0 Å². The summed E-state index contributed by atoms with van der Waals surface area (Å²) in [6.45, 7) is 3.02. The van der Waals surface area contributed by atoms with Gasteiger partial charge in [-0.1, -0.05) is 0 Å². The van der Waals surface area contributed by atoms with Gasteiger partial charge in [-0.3, -0.25) is 14.4 Å². The van der Waals surface area contributed by atoms with E-state index in [1.165, 1.54) is 7.11 Å². The van der Waals surface area contributed by atoms with Gasteiger partial charge in [-0.05, 0) is 51.1 Å². The van der Waals surface area contributed by atoms with Gasteiger partial charge in [0, 0.05) is 39.6 Å². The van der Waals surface area contributed by atoms with Crippen LogP contribution in [0.4, 0.5) is 0 Å². The van der Waals surface area contributed by atoms with Gasteiger partial charge in [-0.25, -0.2) is 4.79 Å². The van der Waals surface area contributed by atoms with Crippen molar-refractivity contribution in [2.24, 2.45) is 11.8 Å². The van der Waals surface area contributed by atoms with Gasteiger partial charge in [0.15, 0.2) is 0 Å². The molecule has 2 heterocycles. The number of carbonyl (C=O) groups excluding carboxylic acids is 3. The van der Waals surface area contributed by atoms with Crippen LogP contribution in [-0.4, -0.2) is 86.2 Å². The minimum absolute atomic E-state index is 0. The number of nitrogens with zero attached hydrogens (tertiary/aromatic N) is 1. The Labute approximate surface area is 195 Å². The highest BCUT2D eigenvalue weighted by Gasteiger charge is 2.30. The number of halogens is 1. The molecule has 3 amide bonds. The highest BCUT2D eigenvalue weighted by Crippen LogP contribution is 2.21. The summed E-state index contributed by atoms with van der Waals surface area (Å²) in [6, 6.07) is -1.21. The smallest absolute Gasteiger partial charge is 0.328 e. The molecule has 2 aliphatic rings. The number of piperidine rings is 2. The highest BCUT2D eigenvalue weighted by atomic mass is 35.5. The van der Waals surface area contributed by atoms with E-state index < -0.39 is 17.9 Å². The van der Waals surface area contributed by atoms with Crippen molar-refractivity contribution in [3.63, 3.8) is 0 Å². The van der Waals surface area contributed by atoms with E-state index >= 15 is 0 Å². The first kappa shape index (κ1) is 28.1. The maximum Gasteiger partial charge on any atom is 0.328 e. The first-order valence-corrected chi connectivity index (χ1v) is 11.2. The van der Waals surface area contributed by atoms with Crippen LogP contribution in [0.1, 0.15) is 44.9 Å². The van der Waals surface area contributed by atoms with Crippen LogP contribution in [0.25, 0.3) is 0 Å². The summed E-state index contributed by atoms with van der Waals surface area (Å²) < 4.78 is 4.80. The molecule has 0 aromatic carbocycles. The van der Waals surface area contributed by atoms with Gasteiger partial charge in [0.2, 0.25) is 17.7 Å². The number of rotatable bonds is 11. The number of carboxylic acids is 1. The predicted octanol–water partition coefficient (Wildman–Crippen LogP) is 0.149. The van der Waals surface area contributed by atoms with Crippen LogP contribution >= 0.6 is 12.4 Å². The number of amides is 3. The molecule has 10 nitrogen and oxygen atoms in total. The molecule has 11 heteroatoms. The molecule has 0 bridgehead atoms. The quantitative estimate of drug-likeness (QED) is 0.333. The fourth-order valence-electron chi connectivity index (χ4n) is 4.08. The average molecular weight is 477 g/mol. The zero-order valence-electron chi connectivity index (χ0n) is 18.8. The third kappa shape index (κ3) is 9.70. The number of carbonyl (C=O) groups is 4. The van der Waals surface area contributed by atoms with Crippen molar-refractivity contribution in [2.45, 2.75) is 51.0 Å². The standard InChI is InChI=1S/C21H36N4O6.ClH/c1-31-12-8-18(26)24-17(21(29)30)13-23-20(28)16-3-2-11-25(14-16)19(27)5-4-15-6-9-22-10-7-15;/h15-17,22H,2-14H2,1H3,(H,23,28)(H,24,26)(H,29,30);1H/t16-,17+;/m1./s1. The lowest BCUT2D eigenvalue weighted by Crippen LogP contribution is -2.51. The topological polar surface area (TPSA) is 137 Å². The number of aliphatic carboxylic acids is 1. The van der Waals surface area contributed by atoms with E-state index in [0.29, 0.717) is 31.8 Å². The van der Waals surface area contributed by atoms with Gasteiger partial charge in [0.25, 0.3) is 0 Å². The second-order valence-electron chi connectivity index (χ2n) is 8.36. The van der Waals surface area contributed by atoms with Gasteiger partial charge in [-0.15, -0.1) is 12.4 Å². The number of nitrogens with one attached hydrogen (secondary N) is 3. The molecule has 4 N–H and O–H groups in total. The molecule has 184 valence electrons. The van der Waals surface area contributed by atoms with Gasteiger partial charge >= 0.3 is 5.97 Å². The van der Waals surface area contributed by atoms with E-state index in [1.54, 1.807) is 4.90 Å². The predicted molar refractivity (Wildman–Crippen MR) is 120 cm³/mol. The summed E-state index contributed by atoms with van der Waals surface area (Å²) in [5.74, 6) is -1.65. The Morgan fingerprint density at radius 3 is 2.53 bits per heavy atom. The zero-order valence-corrected chi connectivity index (χ0v) is 19.6. The molecule has 2 aliphatic heterocycles. The average Bonchev–Trinajstić information content (AvgIpc) is 2.79. The van der Waals surface area contributed by atoms with Crippen molar-refractivity contribution in [1.82, 2.24) is 20.9 Å². The lowest BCUT2D eigenvalue weighted by molar-refractivity contribution is -0.142. The number of hydrogen-bond donors (Lipinski definition) is 4. The van der Waals surface area contributed by atoms with Crippen LogP contribution in [0.5, 0.6) is 0 Å². The fourth-order valence-corrected chi connectivity index (χ4v) is 4.08. The van der Waals surface area contributed by atoms with Crippen molar-refractivity contribution in [3.05, 3.63) is 0 Å². The first-order chi connectivity index (χ1) is 14.9. The Balaban J connectivity index is 0.00000512.